The van der Waals surface area contributed by atoms with Gasteiger partial charge in [0.2, 0.25) is 0 Å². The fourth-order valence-corrected chi connectivity index (χ4v) is 4.32. The molecule has 3 rings (SSSR count). The predicted octanol–water partition coefficient (Wildman–Crippen LogP) is 1.60. The first-order valence-corrected chi connectivity index (χ1v) is 10.5. The van der Waals surface area contributed by atoms with E-state index in [9.17, 15) is 9.59 Å². The first-order valence-electron chi connectivity index (χ1n) is 10.5. The van der Waals surface area contributed by atoms with Gasteiger partial charge in [-0.25, -0.2) is 0 Å². The molecule has 1 saturated heterocycles. The number of rotatable bonds is 6. The molecule has 1 heterocycles. The largest absolute Gasteiger partial charge is 0.466 e. The van der Waals surface area contributed by atoms with Gasteiger partial charge in [0, 0.05) is 12.8 Å². The lowest BCUT2D eigenvalue weighted by Crippen LogP contribution is -3.14. The highest BCUT2D eigenvalue weighted by Crippen LogP contribution is 2.24. The van der Waals surface area contributed by atoms with Crippen LogP contribution in [0.3, 0.4) is 0 Å². The van der Waals surface area contributed by atoms with Crippen LogP contribution in [-0.4, -0.2) is 38.1 Å². The summed E-state index contributed by atoms with van der Waals surface area (Å²) in [4.78, 5) is 25.6. The first kappa shape index (κ1) is 19.9. The lowest BCUT2D eigenvalue weighted by atomic mass is 9.89. The molecule has 1 fully saturated rings. The Balaban J connectivity index is 1.46. The van der Waals surface area contributed by atoms with Crippen molar-refractivity contribution in [3.05, 3.63) is 34.9 Å². The molecule has 0 aromatic heterocycles. The molecule has 1 aliphatic heterocycles. The van der Waals surface area contributed by atoms with Gasteiger partial charge in [-0.1, -0.05) is 18.2 Å². The minimum absolute atomic E-state index is 0.00572. The van der Waals surface area contributed by atoms with Gasteiger partial charge in [-0.15, -0.1) is 0 Å². The Morgan fingerprint density at radius 1 is 1.19 bits per heavy atom. The van der Waals surface area contributed by atoms with E-state index in [0.717, 1.165) is 32.4 Å². The van der Waals surface area contributed by atoms with E-state index in [-0.39, 0.29) is 23.8 Å². The summed E-state index contributed by atoms with van der Waals surface area (Å²) >= 11 is 0. The lowest BCUT2D eigenvalue weighted by molar-refractivity contribution is -0.897. The van der Waals surface area contributed by atoms with Crippen LogP contribution in [0.4, 0.5) is 0 Å². The highest BCUT2D eigenvalue weighted by molar-refractivity contribution is 5.77. The van der Waals surface area contributed by atoms with E-state index in [1.54, 1.807) is 0 Å². The van der Waals surface area contributed by atoms with E-state index in [4.69, 9.17) is 4.74 Å². The Bertz CT molecular complexity index is 666. The molecule has 0 saturated carbocycles. The molecule has 1 aliphatic carbocycles. The van der Waals surface area contributed by atoms with Crippen molar-refractivity contribution in [2.24, 2.45) is 5.92 Å². The summed E-state index contributed by atoms with van der Waals surface area (Å²) in [5.74, 6) is 0.0121. The number of piperidine rings is 1. The predicted molar refractivity (Wildman–Crippen MR) is 105 cm³/mol. The average Bonchev–Trinajstić information content (AvgIpc) is 2.68. The Hall–Kier alpha value is -1.88. The summed E-state index contributed by atoms with van der Waals surface area (Å²) in [6, 6.07) is 6.70. The summed E-state index contributed by atoms with van der Waals surface area (Å²) in [5, 5.41) is 3.15. The molecule has 2 N–H and O–H groups in total. The second-order valence-electron chi connectivity index (χ2n) is 7.98. The third-order valence-electron chi connectivity index (χ3n) is 5.97. The highest BCUT2D eigenvalue weighted by Gasteiger charge is 2.29. The van der Waals surface area contributed by atoms with Gasteiger partial charge in [0.25, 0.3) is 5.91 Å². The number of aryl methyl sites for hydroxylation is 2. The van der Waals surface area contributed by atoms with Crippen LogP contribution in [0, 0.1) is 5.92 Å². The molecule has 1 aromatic rings. The normalized spacial score (nSPS) is 23.2. The number of quaternary nitrogens is 1. The summed E-state index contributed by atoms with van der Waals surface area (Å²) in [6.45, 7) is 6.52. The highest BCUT2D eigenvalue weighted by atomic mass is 16.5. The zero-order valence-corrected chi connectivity index (χ0v) is 16.7. The van der Waals surface area contributed by atoms with Crippen LogP contribution in [-0.2, 0) is 27.2 Å². The smallest absolute Gasteiger partial charge is 0.309 e. The number of esters is 1. The van der Waals surface area contributed by atoms with Crippen LogP contribution in [0.5, 0.6) is 0 Å². The third kappa shape index (κ3) is 5.32. The second-order valence-corrected chi connectivity index (χ2v) is 7.98. The summed E-state index contributed by atoms with van der Waals surface area (Å²) < 4.78 is 5.11. The van der Waals surface area contributed by atoms with Gasteiger partial charge in [-0.3, -0.25) is 9.59 Å². The monoisotopic (exact) mass is 373 g/mol. The number of benzene rings is 1. The Morgan fingerprint density at radius 2 is 1.89 bits per heavy atom. The molecule has 5 nitrogen and oxygen atoms in total. The van der Waals surface area contributed by atoms with Crippen LogP contribution in [0.25, 0.3) is 0 Å². The maximum absolute atomic E-state index is 12.5. The number of hydrogen-bond donors (Lipinski definition) is 2. The number of ether oxygens (including phenoxy) is 1. The number of nitrogens with one attached hydrogen (secondary N) is 2. The molecule has 148 valence electrons. The van der Waals surface area contributed by atoms with E-state index in [1.807, 2.05) is 6.92 Å². The van der Waals surface area contributed by atoms with Crippen molar-refractivity contribution in [2.75, 3.05) is 26.2 Å². The van der Waals surface area contributed by atoms with E-state index in [2.05, 4.69) is 30.4 Å². The molecule has 5 heteroatoms. The van der Waals surface area contributed by atoms with Crippen molar-refractivity contribution >= 4 is 11.9 Å². The number of likely N-dealkylation sites (tertiary alicyclic amines) is 1. The van der Waals surface area contributed by atoms with E-state index in [0.29, 0.717) is 13.2 Å². The standard InChI is InChI=1S/C22H32N2O3/c1-3-27-22(26)18-10-12-24(13-11-18)15-21(25)23-16(2)19-9-8-17-6-4-5-7-20(17)14-19/h8-9,14,16,18H,3-7,10-13,15H2,1-2H3,(H,23,25)/p+1/t16-/m1/s1. The maximum Gasteiger partial charge on any atom is 0.309 e. The van der Waals surface area contributed by atoms with Crippen molar-refractivity contribution in [3.8, 4) is 0 Å². The quantitative estimate of drug-likeness (QED) is 0.745. The lowest BCUT2D eigenvalue weighted by Gasteiger charge is -2.28. The fraction of sp³-hybridized carbons (Fsp3) is 0.636. The molecule has 1 aromatic carbocycles. The summed E-state index contributed by atoms with van der Waals surface area (Å²) in [5.41, 5.74) is 4.11. The fourth-order valence-electron chi connectivity index (χ4n) is 4.32. The van der Waals surface area contributed by atoms with Crippen LogP contribution in [0.2, 0.25) is 0 Å². The van der Waals surface area contributed by atoms with Crippen molar-refractivity contribution in [1.82, 2.24) is 5.32 Å². The first-order chi connectivity index (χ1) is 13.1. The van der Waals surface area contributed by atoms with Gasteiger partial charge in [0.15, 0.2) is 6.54 Å². The average molecular weight is 374 g/mol. The SMILES string of the molecule is CCOC(=O)C1CC[NH+](CC(=O)N[C@H](C)c2ccc3c(c2)CCCC3)CC1. The van der Waals surface area contributed by atoms with Gasteiger partial charge in [0.1, 0.15) is 0 Å². The molecule has 2 aliphatic rings. The van der Waals surface area contributed by atoms with Crippen molar-refractivity contribution in [2.45, 2.75) is 58.4 Å². The molecule has 0 unspecified atom stereocenters. The molecule has 1 amide bonds. The van der Waals surface area contributed by atoms with Crippen LogP contribution < -0.4 is 10.2 Å². The topological polar surface area (TPSA) is 59.8 Å². The van der Waals surface area contributed by atoms with Gasteiger partial charge < -0.3 is 15.0 Å². The number of carbonyl (C=O) groups excluding carboxylic acids is 2. The van der Waals surface area contributed by atoms with E-state index >= 15 is 0 Å². The van der Waals surface area contributed by atoms with Gasteiger partial charge in [-0.05, 0) is 56.2 Å². The van der Waals surface area contributed by atoms with Crippen molar-refractivity contribution < 1.29 is 19.2 Å². The zero-order chi connectivity index (χ0) is 19.2. The summed E-state index contributed by atoms with van der Waals surface area (Å²) in [7, 11) is 0. The zero-order valence-electron chi connectivity index (χ0n) is 16.7. The van der Waals surface area contributed by atoms with Crippen LogP contribution in [0.1, 0.15) is 62.3 Å². The molecule has 27 heavy (non-hydrogen) atoms. The van der Waals surface area contributed by atoms with Crippen molar-refractivity contribution in [1.29, 1.82) is 0 Å². The van der Waals surface area contributed by atoms with Crippen LogP contribution >= 0.6 is 0 Å². The number of fused-ring (bicyclic) bond motifs is 1. The number of hydrogen-bond acceptors (Lipinski definition) is 3. The van der Waals surface area contributed by atoms with E-state index in [1.165, 1.54) is 40.9 Å². The molecule has 0 bridgehead atoms. The Labute approximate surface area is 162 Å². The molecule has 0 spiro atoms. The number of carbonyl (C=O) groups is 2. The Kier molecular flexibility index (Phi) is 6.89. The van der Waals surface area contributed by atoms with E-state index < -0.39 is 0 Å². The van der Waals surface area contributed by atoms with Gasteiger partial charge in [-0.2, -0.15) is 0 Å². The summed E-state index contributed by atoms with van der Waals surface area (Å²) in [6.07, 6.45) is 6.51. The number of amides is 1. The molecular formula is C22H33N2O3+. The molecule has 1 atom stereocenters. The second kappa shape index (κ2) is 9.36. The molecular weight excluding hydrogens is 340 g/mol. The van der Waals surface area contributed by atoms with Crippen molar-refractivity contribution in [3.63, 3.8) is 0 Å². The third-order valence-corrected chi connectivity index (χ3v) is 5.97. The minimum Gasteiger partial charge on any atom is -0.466 e. The Morgan fingerprint density at radius 3 is 2.59 bits per heavy atom. The maximum atomic E-state index is 12.5. The molecule has 0 radical (unpaired) electrons. The van der Waals surface area contributed by atoms with Crippen LogP contribution in [0.15, 0.2) is 18.2 Å². The van der Waals surface area contributed by atoms with Gasteiger partial charge >= 0.3 is 5.97 Å². The minimum atomic E-state index is -0.0815. The van der Waals surface area contributed by atoms with Gasteiger partial charge in [0.05, 0.1) is 31.7 Å².